The van der Waals surface area contributed by atoms with Gasteiger partial charge in [-0.3, -0.25) is 24.5 Å². The van der Waals surface area contributed by atoms with Gasteiger partial charge in [0.2, 0.25) is 0 Å². The van der Waals surface area contributed by atoms with Gasteiger partial charge in [0.25, 0.3) is 0 Å². The Morgan fingerprint density at radius 3 is 0.654 bits per heavy atom. The molecule has 0 aromatic carbocycles. The zero-order valence-electron chi connectivity index (χ0n) is 54.8. The van der Waals surface area contributed by atoms with Crippen molar-refractivity contribution in [2.24, 2.45) is 0 Å². The van der Waals surface area contributed by atoms with Crippen LogP contribution in [0.4, 0.5) is 0 Å². The molecule has 81 heavy (non-hydrogen) atoms. The summed E-state index contributed by atoms with van der Waals surface area (Å²) in [6, 6.07) is 0. The highest BCUT2D eigenvalue weighted by atomic mass is 16.3. The number of unbranched alkanes of at least 4 members (excludes halogenated alkanes) is 35. The molecule has 0 aromatic heterocycles. The minimum Gasteiger partial charge on any atom is -0.392 e. The van der Waals surface area contributed by atoms with Gasteiger partial charge in [-0.05, 0) is 32.1 Å². The second-order valence-corrected chi connectivity index (χ2v) is 26.1. The molecular formula is C71H149N5O5. The Morgan fingerprint density at radius 2 is 0.420 bits per heavy atom. The van der Waals surface area contributed by atoms with Crippen molar-refractivity contribution in [3.63, 3.8) is 0 Å². The minimum atomic E-state index is -0.385. The lowest BCUT2D eigenvalue weighted by Gasteiger charge is -2.37. The minimum absolute atomic E-state index is 0. The Labute approximate surface area is 507 Å². The summed E-state index contributed by atoms with van der Waals surface area (Å²) in [5.74, 6) is 0. The SMILES string of the molecule is C.CCCCCCCCCC[C@@H](O)CN(CCN1CCN(CCN(C[C@H](O)CCCCCCCCCC)C[C@H](O)CCCCCCCCCC)CC1)CCN(C[C@H](O)CCCCCCCCCC)C[C@H](O)CCCCCCCCCC. The fourth-order valence-corrected chi connectivity index (χ4v) is 12.4. The predicted octanol–water partition coefficient (Wildman–Crippen LogP) is 16.6. The lowest BCUT2D eigenvalue weighted by molar-refractivity contribution is 0.0419. The Morgan fingerprint density at radius 1 is 0.247 bits per heavy atom. The first kappa shape index (κ1) is 80.6. The summed E-state index contributed by atoms with van der Waals surface area (Å²) in [5, 5.41) is 56.9. The van der Waals surface area contributed by atoms with Gasteiger partial charge in [-0.1, -0.05) is 299 Å². The molecule has 0 saturated carbocycles. The molecule has 0 aromatic rings. The van der Waals surface area contributed by atoms with Gasteiger partial charge >= 0.3 is 0 Å². The van der Waals surface area contributed by atoms with E-state index in [4.69, 9.17) is 0 Å². The second-order valence-electron chi connectivity index (χ2n) is 26.1. The number of piperazine rings is 1. The first-order chi connectivity index (χ1) is 39.1. The molecule has 1 aliphatic rings. The van der Waals surface area contributed by atoms with E-state index >= 15 is 0 Å². The summed E-state index contributed by atoms with van der Waals surface area (Å²) in [4.78, 5) is 12.4. The lowest BCUT2D eigenvalue weighted by atomic mass is 10.0. The normalized spacial score (nSPS) is 15.5. The van der Waals surface area contributed by atoms with E-state index in [1.165, 1.54) is 225 Å². The number of hydrogen-bond donors (Lipinski definition) is 5. The van der Waals surface area contributed by atoms with Gasteiger partial charge in [0.1, 0.15) is 0 Å². The molecule has 0 unspecified atom stereocenters. The van der Waals surface area contributed by atoms with Crippen LogP contribution in [0.25, 0.3) is 0 Å². The van der Waals surface area contributed by atoms with Crippen molar-refractivity contribution >= 4 is 0 Å². The lowest BCUT2D eigenvalue weighted by Crippen LogP contribution is -2.51. The van der Waals surface area contributed by atoms with Gasteiger partial charge in [-0.25, -0.2) is 0 Å². The summed E-state index contributed by atoms with van der Waals surface area (Å²) in [6.45, 7) is 24.0. The van der Waals surface area contributed by atoms with Crippen LogP contribution in [0.2, 0.25) is 0 Å². The highest BCUT2D eigenvalue weighted by molar-refractivity contribution is 4.79. The summed E-state index contributed by atoms with van der Waals surface area (Å²) in [6.07, 6.45) is 53.2. The van der Waals surface area contributed by atoms with Gasteiger partial charge in [0.05, 0.1) is 30.5 Å². The third kappa shape index (κ3) is 53.6. The largest absolute Gasteiger partial charge is 0.392 e. The second kappa shape index (κ2) is 61.3. The zero-order chi connectivity index (χ0) is 58.2. The van der Waals surface area contributed by atoms with Gasteiger partial charge in [0, 0.05) is 98.2 Å². The molecule has 1 heterocycles. The molecule has 1 saturated heterocycles. The Hall–Kier alpha value is -0.400. The maximum Gasteiger partial charge on any atom is 0.0667 e. The van der Waals surface area contributed by atoms with Crippen LogP contribution in [0, 0.1) is 0 Å². The molecule has 5 atom stereocenters. The van der Waals surface area contributed by atoms with Crippen LogP contribution in [-0.2, 0) is 0 Å². The van der Waals surface area contributed by atoms with Crippen molar-refractivity contribution in [1.29, 1.82) is 0 Å². The van der Waals surface area contributed by atoms with E-state index in [1.807, 2.05) is 0 Å². The van der Waals surface area contributed by atoms with Crippen LogP contribution in [-0.4, -0.2) is 179 Å². The Bertz CT molecular complexity index is 1160. The van der Waals surface area contributed by atoms with Crippen LogP contribution in [0.15, 0.2) is 0 Å². The third-order valence-corrected chi connectivity index (χ3v) is 18.0. The maximum atomic E-state index is 11.5. The van der Waals surface area contributed by atoms with E-state index in [1.54, 1.807) is 0 Å². The van der Waals surface area contributed by atoms with Crippen LogP contribution in [0.3, 0.4) is 0 Å². The van der Waals surface area contributed by atoms with E-state index in [-0.39, 0.29) is 37.9 Å². The monoisotopic (exact) mass is 1150 g/mol. The van der Waals surface area contributed by atoms with Gasteiger partial charge in [-0.2, -0.15) is 0 Å². The third-order valence-electron chi connectivity index (χ3n) is 18.0. The van der Waals surface area contributed by atoms with E-state index in [0.717, 1.165) is 130 Å². The van der Waals surface area contributed by atoms with Crippen molar-refractivity contribution in [2.75, 3.05) is 98.2 Å². The van der Waals surface area contributed by atoms with Crippen molar-refractivity contribution < 1.29 is 25.5 Å². The number of aliphatic hydroxyl groups is 5. The summed E-state index contributed by atoms with van der Waals surface area (Å²) < 4.78 is 0. The molecule has 5 N–H and O–H groups in total. The van der Waals surface area contributed by atoms with Crippen molar-refractivity contribution in [1.82, 2.24) is 24.5 Å². The van der Waals surface area contributed by atoms with Gasteiger partial charge < -0.3 is 25.5 Å². The summed E-state index contributed by atoms with van der Waals surface area (Å²) in [7, 11) is 0. The number of aliphatic hydroxyl groups excluding tert-OH is 5. The fourth-order valence-electron chi connectivity index (χ4n) is 12.4. The predicted molar refractivity (Wildman–Crippen MR) is 355 cm³/mol. The number of nitrogens with zero attached hydrogens (tertiary/aromatic N) is 5. The number of rotatable bonds is 64. The quantitative estimate of drug-likeness (QED) is 0.0377. The fraction of sp³-hybridized carbons (Fsp3) is 1.00. The van der Waals surface area contributed by atoms with Crippen LogP contribution in [0.1, 0.15) is 331 Å². The van der Waals surface area contributed by atoms with Crippen LogP contribution in [0.5, 0.6) is 0 Å². The number of hydrogen-bond acceptors (Lipinski definition) is 10. The van der Waals surface area contributed by atoms with E-state index in [2.05, 4.69) is 59.1 Å². The molecule has 488 valence electrons. The van der Waals surface area contributed by atoms with Crippen LogP contribution < -0.4 is 0 Å². The maximum absolute atomic E-state index is 11.5. The van der Waals surface area contributed by atoms with Crippen molar-refractivity contribution in [2.45, 2.75) is 362 Å². The zero-order valence-corrected chi connectivity index (χ0v) is 54.8. The Kier molecular flexibility index (Phi) is 61.0. The molecule has 1 aliphatic heterocycles. The van der Waals surface area contributed by atoms with E-state index < -0.39 is 0 Å². The molecule has 0 spiro atoms. The average molecular weight is 1150 g/mol. The topological polar surface area (TPSA) is 117 Å². The molecule has 1 rings (SSSR count). The standard InChI is InChI=1S/C70H145N5O5.CH4/c1-6-11-16-21-26-31-36-41-46-66(76)61-73(58-60-75(64-69(79)49-44-39-34-29-24-19-14-9-4)65-70(80)50-45-40-35-30-25-20-15-10-5)57-55-71-51-53-72(54-52-71)56-59-74(62-67(77)47-42-37-32-27-22-17-12-7-2)63-68(78)48-43-38-33-28-23-18-13-8-3;/h66-70,76-80H,6-65H2,1-5H3;1H4/t66-,67-,68-,69-,70-;/m1./s1. The molecule has 0 radical (unpaired) electrons. The molecule has 1 fully saturated rings. The first-order valence-corrected chi connectivity index (χ1v) is 36.2. The molecule has 10 heteroatoms. The van der Waals surface area contributed by atoms with Crippen molar-refractivity contribution in [3.8, 4) is 0 Å². The molecule has 10 nitrogen and oxygen atoms in total. The average Bonchev–Trinajstić information content (AvgIpc) is 3.44. The molecule has 0 bridgehead atoms. The molecule has 0 amide bonds. The smallest absolute Gasteiger partial charge is 0.0667 e. The van der Waals surface area contributed by atoms with Crippen LogP contribution >= 0.6 is 0 Å². The van der Waals surface area contributed by atoms with E-state index in [0.29, 0.717) is 32.7 Å². The highest BCUT2D eigenvalue weighted by Crippen LogP contribution is 2.18. The first-order valence-electron chi connectivity index (χ1n) is 36.2. The Balaban J connectivity index is 0.0000640. The molecular weight excluding hydrogens is 1000 g/mol. The summed E-state index contributed by atoms with van der Waals surface area (Å²) >= 11 is 0. The highest BCUT2D eigenvalue weighted by Gasteiger charge is 2.23. The van der Waals surface area contributed by atoms with E-state index in [9.17, 15) is 25.5 Å². The van der Waals surface area contributed by atoms with Gasteiger partial charge in [-0.15, -0.1) is 0 Å². The molecule has 0 aliphatic carbocycles. The summed E-state index contributed by atoms with van der Waals surface area (Å²) in [5.41, 5.74) is 0. The van der Waals surface area contributed by atoms with Crippen molar-refractivity contribution in [3.05, 3.63) is 0 Å². The van der Waals surface area contributed by atoms with Gasteiger partial charge in [0.15, 0.2) is 0 Å².